The van der Waals surface area contributed by atoms with E-state index in [9.17, 15) is 4.79 Å². The van der Waals surface area contributed by atoms with Crippen LogP contribution in [0, 0.1) is 0 Å². The van der Waals surface area contributed by atoms with Gasteiger partial charge in [0.2, 0.25) is 5.91 Å². The van der Waals surface area contributed by atoms with Crippen molar-refractivity contribution in [2.75, 3.05) is 6.54 Å². The topological polar surface area (TPSA) is 29.1 Å². The third-order valence-corrected chi connectivity index (χ3v) is 3.05. The first-order chi connectivity index (χ1) is 8.24. The number of benzene rings is 1. The molecule has 3 heteroatoms. The Bertz CT molecular complexity index is 326. The number of hydrogen-bond donors (Lipinski definition) is 1. The number of carbonyl (C=O) groups excluding carboxylic acids is 1. The van der Waals surface area contributed by atoms with Gasteiger partial charge in [-0.25, -0.2) is 0 Å². The zero-order valence-corrected chi connectivity index (χ0v) is 11.0. The Morgan fingerprint density at radius 3 is 2.65 bits per heavy atom. The van der Waals surface area contributed by atoms with Gasteiger partial charge in [-0.1, -0.05) is 50.1 Å². The van der Waals surface area contributed by atoms with Crippen molar-refractivity contribution >= 4 is 17.5 Å². The number of rotatable bonds is 7. The molecule has 0 aromatic heterocycles. The lowest BCUT2D eigenvalue weighted by Crippen LogP contribution is -2.26. The average molecular weight is 254 g/mol. The Kier molecular flexibility index (Phi) is 6.71. The summed E-state index contributed by atoms with van der Waals surface area (Å²) in [5.41, 5.74) is 1.04. The highest BCUT2D eigenvalue weighted by Crippen LogP contribution is 2.18. The molecule has 0 aliphatic carbocycles. The molecule has 1 unspecified atom stereocenters. The lowest BCUT2D eigenvalue weighted by Gasteiger charge is -2.11. The molecule has 0 radical (unpaired) electrons. The maximum absolute atomic E-state index is 11.5. The second-order valence-electron chi connectivity index (χ2n) is 4.14. The van der Waals surface area contributed by atoms with Gasteiger partial charge in [0.25, 0.3) is 0 Å². The quantitative estimate of drug-likeness (QED) is 0.583. The summed E-state index contributed by atoms with van der Waals surface area (Å²) in [6.07, 6.45) is 3.80. The van der Waals surface area contributed by atoms with Crippen LogP contribution in [0.25, 0.3) is 0 Å². The molecular weight excluding hydrogens is 234 g/mol. The van der Waals surface area contributed by atoms with Crippen LogP contribution < -0.4 is 5.32 Å². The van der Waals surface area contributed by atoms with Crippen molar-refractivity contribution in [2.24, 2.45) is 0 Å². The molecule has 0 heterocycles. The molecule has 0 saturated carbocycles. The van der Waals surface area contributed by atoms with Crippen LogP contribution in [0.3, 0.4) is 0 Å². The first-order valence-electron chi connectivity index (χ1n) is 6.19. The second-order valence-corrected chi connectivity index (χ2v) is 4.67. The maximum atomic E-state index is 11.5. The van der Waals surface area contributed by atoms with Crippen LogP contribution in [0.1, 0.15) is 43.5 Å². The Labute approximate surface area is 108 Å². The number of hydrogen-bond acceptors (Lipinski definition) is 1. The van der Waals surface area contributed by atoms with E-state index >= 15 is 0 Å². The number of alkyl halides is 1. The van der Waals surface area contributed by atoms with Gasteiger partial charge in [0.05, 0.1) is 5.38 Å². The predicted molar refractivity (Wildman–Crippen MR) is 72.2 cm³/mol. The zero-order chi connectivity index (χ0) is 12.5. The molecule has 17 heavy (non-hydrogen) atoms. The van der Waals surface area contributed by atoms with Gasteiger partial charge in [-0.15, -0.1) is 11.6 Å². The number of amides is 1. The SMILES string of the molecule is CCCCCC(=O)NCC(Cl)c1ccccc1. The molecule has 1 amide bonds. The molecular formula is C14H20ClNO. The van der Waals surface area contributed by atoms with Crippen LogP contribution in [-0.4, -0.2) is 12.5 Å². The van der Waals surface area contributed by atoms with Crippen LogP contribution >= 0.6 is 11.6 Å². The maximum Gasteiger partial charge on any atom is 0.220 e. The third-order valence-electron chi connectivity index (χ3n) is 2.65. The lowest BCUT2D eigenvalue weighted by molar-refractivity contribution is -0.121. The van der Waals surface area contributed by atoms with Gasteiger partial charge in [-0.3, -0.25) is 4.79 Å². The molecule has 1 aromatic rings. The van der Waals surface area contributed by atoms with Crippen molar-refractivity contribution in [3.05, 3.63) is 35.9 Å². The minimum absolute atomic E-state index is 0.0973. The summed E-state index contributed by atoms with van der Waals surface area (Å²) in [6, 6.07) is 9.81. The van der Waals surface area contributed by atoms with E-state index in [2.05, 4.69) is 12.2 Å². The van der Waals surface area contributed by atoms with Crippen LogP contribution in [0.4, 0.5) is 0 Å². The fraction of sp³-hybridized carbons (Fsp3) is 0.500. The van der Waals surface area contributed by atoms with E-state index in [1.54, 1.807) is 0 Å². The molecule has 0 fully saturated rings. The monoisotopic (exact) mass is 253 g/mol. The highest BCUT2D eigenvalue weighted by Gasteiger charge is 2.08. The predicted octanol–water partition coefficient (Wildman–Crippen LogP) is 3.66. The van der Waals surface area contributed by atoms with Crippen molar-refractivity contribution < 1.29 is 4.79 Å². The van der Waals surface area contributed by atoms with Gasteiger partial charge in [-0.2, -0.15) is 0 Å². The van der Waals surface area contributed by atoms with Crippen molar-refractivity contribution in [3.63, 3.8) is 0 Å². The third kappa shape index (κ3) is 5.73. The summed E-state index contributed by atoms with van der Waals surface area (Å²) in [6.45, 7) is 2.62. The van der Waals surface area contributed by atoms with E-state index in [4.69, 9.17) is 11.6 Å². The highest BCUT2D eigenvalue weighted by molar-refractivity contribution is 6.21. The number of unbranched alkanes of at least 4 members (excludes halogenated alkanes) is 2. The summed E-state index contributed by atoms with van der Waals surface area (Å²) in [5.74, 6) is 0.0973. The van der Waals surface area contributed by atoms with E-state index in [1.807, 2.05) is 30.3 Å². The van der Waals surface area contributed by atoms with E-state index in [0.717, 1.165) is 24.8 Å². The Morgan fingerprint density at radius 1 is 1.29 bits per heavy atom. The number of halogens is 1. The first kappa shape index (κ1) is 14.0. The van der Waals surface area contributed by atoms with Gasteiger partial charge < -0.3 is 5.32 Å². The number of nitrogens with one attached hydrogen (secondary N) is 1. The van der Waals surface area contributed by atoms with Crippen LogP contribution in [0.5, 0.6) is 0 Å². The fourth-order valence-electron chi connectivity index (χ4n) is 1.61. The molecule has 0 saturated heterocycles. The largest absolute Gasteiger partial charge is 0.354 e. The molecule has 1 N–H and O–H groups in total. The lowest BCUT2D eigenvalue weighted by atomic mass is 10.1. The van der Waals surface area contributed by atoms with E-state index in [0.29, 0.717) is 13.0 Å². The van der Waals surface area contributed by atoms with Gasteiger partial charge in [0.15, 0.2) is 0 Å². The molecule has 0 bridgehead atoms. The normalized spacial score (nSPS) is 12.1. The van der Waals surface area contributed by atoms with E-state index in [1.165, 1.54) is 0 Å². The minimum atomic E-state index is -0.147. The van der Waals surface area contributed by atoms with Gasteiger partial charge in [0.1, 0.15) is 0 Å². The van der Waals surface area contributed by atoms with Crippen molar-refractivity contribution in [1.82, 2.24) is 5.32 Å². The van der Waals surface area contributed by atoms with Crippen molar-refractivity contribution in [3.8, 4) is 0 Å². The first-order valence-corrected chi connectivity index (χ1v) is 6.63. The Morgan fingerprint density at radius 2 is 2.00 bits per heavy atom. The summed E-state index contributed by atoms with van der Waals surface area (Å²) in [4.78, 5) is 11.5. The molecule has 0 spiro atoms. The second kappa shape index (κ2) is 8.13. The van der Waals surface area contributed by atoms with Gasteiger partial charge in [0, 0.05) is 13.0 Å². The Balaban J connectivity index is 2.24. The van der Waals surface area contributed by atoms with Crippen LogP contribution in [0.2, 0.25) is 0 Å². The molecule has 0 aliphatic heterocycles. The Hall–Kier alpha value is -1.02. The minimum Gasteiger partial charge on any atom is -0.354 e. The average Bonchev–Trinajstić information content (AvgIpc) is 2.37. The van der Waals surface area contributed by atoms with Crippen LogP contribution in [0.15, 0.2) is 30.3 Å². The molecule has 94 valence electrons. The molecule has 0 aliphatic rings. The standard InChI is InChI=1S/C14H20ClNO/c1-2-3-5-10-14(17)16-11-13(15)12-8-6-4-7-9-12/h4,6-9,13H,2-3,5,10-11H2,1H3,(H,16,17). The molecule has 1 atom stereocenters. The van der Waals surface area contributed by atoms with E-state index < -0.39 is 0 Å². The molecule has 1 rings (SSSR count). The highest BCUT2D eigenvalue weighted by atomic mass is 35.5. The summed E-state index contributed by atoms with van der Waals surface area (Å²) in [5, 5.41) is 2.72. The summed E-state index contributed by atoms with van der Waals surface area (Å²) >= 11 is 6.20. The smallest absolute Gasteiger partial charge is 0.220 e. The number of carbonyl (C=O) groups is 1. The molecule has 2 nitrogen and oxygen atoms in total. The van der Waals surface area contributed by atoms with Crippen LogP contribution in [-0.2, 0) is 4.79 Å². The zero-order valence-electron chi connectivity index (χ0n) is 10.3. The van der Waals surface area contributed by atoms with Crippen molar-refractivity contribution in [1.29, 1.82) is 0 Å². The van der Waals surface area contributed by atoms with Gasteiger partial charge >= 0.3 is 0 Å². The summed E-state index contributed by atoms with van der Waals surface area (Å²) in [7, 11) is 0. The summed E-state index contributed by atoms with van der Waals surface area (Å²) < 4.78 is 0. The van der Waals surface area contributed by atoms with Crippen molar-refractivity contribution in [2.45, 2.75) is 38.0 Å². The molecule has 1 aromatic carbocycles. The fourth-order valence-corrected chi connectivity index (χ4v) is 1.83. The van der Waals surface area contributed by atoms with E-state index in [-0.39, 0.29) is 11.3 Å². The van der Waals surface area contributed by atoms with Gasteiger partial charge in [-0.05, 0) is 12.0 Å².